The van der Waals surface area contributed by atoms with Gasteiger partial charge in [-0.15, -0.1) is 0 Å². The number of rotatable bonds is 7. The molecule has 0 aromatic heterocycles. The molecule has 1 amide bonds. The molecule has 0 unspecified atom stereocenters. The highest BCUT2D eigenvalue weighted by Crippen LogP contribution is 2.13. The van der Waals surface area contributed by atoms with Crippen LogP contribution in [0, 0.1) is 0 Å². The Morgan fingerprint density at radius 1 is 1.22 bits per heavy atom. The first kappa shape index (κ1) is 14.2. The molecule has 0 bridgehead atoms. The van der Waals surface area contributed by atoms with Crippen LogP contribution < -0.4 is 11.1 Å². The second-order valence-corrected chi connectivity index (χ2v) is 4.00. The highest BCUT2D eigenvalue weighted by molar-refractivity contribution is 5.84. The fourth-order valence-corrected chi connectivity index (χ4v) is 1.60. The number of carboxylic acid groups (broad SMARTS) is 1. The van der Waals surface area contributed by atoms with Crippen molar-refractivity contribution in [1.29, 1.82) is 0 Å². The molecule has 18 heavy (non-hydrogen) atoms. The highest BCUT2D eigenvalue weighted by Gasteiger charge is 2.21. The van der Waals surface area contributed by atoms with E-state index in [9.17, 15) is 9.59 Å². The molecule has 98 valence electrons. The summed E-state index contributed by atoms with van der Waals surface area (Å²) >= 11 is 0. The van der Waals surface area contributed by atoms with Gasteiger partial charge in [-0.05, 0) is 24.9 Å². The number of nitrogens with one attached hydrogen (secondary N) is 1. The zero-order valence-corrected chi connectivity index (χ0v) is 10.1. The van der Waals surface area contributed by atoms with Crippen LogP contribution in [0.1, 0.15) is 30.9 Å². The van der Waals surface area contributed by atoms with Gasteiger partial charge in [0.25, 0.3) is 0 Å². The van der Waals surface area contributed by atoms with Crippen molar-refractivity contribution in [2.75, 3.05) is 6.54 Å². The minimum atomic E-state index is -1.06. The number of amides is 1. The zero-order chi connectivity index (χ0) is 13.4. The quantitative estimate of drug-likeness (QED) is 0.631. The first-order chi connectivity index (χ1) is 8.65. The third-order valence-corrected chi connectivity index (χ3v) is 2.54. The predicted octanol–water partition coefficient (Wildman–Crippen LogP) is 1.06. The molecule has 1 aromatic carbocycles. The summed E-state index contributed by atoms with van der Waals surface area (Å²) in [5.41, 5.74) is 5.90. The van der Waals surface area contributed by atoms with Crippen molar-refractivity contribution in [1.82, 2.24) is 5.32 Å². The van der Waals surface area contributed by atoms with Crippen LogP contribution in [0.2, 0.25) is 0 Å². The average molecular weight is 250 g/mol. The van der Waals surface area contributed by atoms with Gasteiger partial charge in [-0.3, -0.25) is 4.79 Å². The lowest BCUT2D eigenvalue weighted by Gasteiger charge is -2.14. The van der Waals surface area contributed by atoms with Gasteiger partial charge in [0.2, 0.25) is 5.91 Å². The third-order valence-electron chi connectivity index (χ3n) is 2.54. The summed E-state index contributed by atoms with van der Waals surface area (Å²) in [4.78, 5) is 22.7. The van der Waals surface area contributed by atoms with Crippen LogP contribution in [0.4, 0.5) is 0 Å². The second kappa shape index (κ2) is 7.45. The molecule has 5 nitrogen and oxygen atoms in total. The number of unbranched alkanes of at least 4 members (excludes halogenated alkanes) is 1. The van der Waals surface area contributed by atoms with E-state index in [4.69, 9.17) is 10.8 Å². The van der Waals surface area contributed by atoms with Gasteiger partial charge in [-0.1, -0.05) is 30.3 Å². The molecule has 0 saturated carbocycles. The Bertz CT molecular complexity index is 392. The third kappa shape index (κ3) is 4.55. The van der Waals surface area contributed by atoms with Gasteiger partial charge in [-0.25, -0.2) is 4.79 Å². The molecule has 0 radical (unpaired) electrons. The molecule has 0 saturated heterocycles. The molecule has 1 aromatic rings. The van der Waals surface area contributed by atoms with Gasteiger partial charge in [-0.2, -0.15) is 0 Å². The standard InChI is InChI=1S/C13H18N2O3/c14-9-5-4-8-11(16)15-12(13(17)18)10-6-2-1-3-7-10/h1-3,6-7,12H,4-5,8-9,14H2,(H,15,16)(H,17,18)/t12-/m0/s1. The Kier molecular flexibility index (Phi) is 5.87. The maximum absolute atomic E-state index is 11.6. The number of aliphatic carboxylic acids is 1. The first-order valence-electron chi connectivity index (χ1n) is 5.92. The largest absolute Gasteiger partial charge is 0.479 e. The van der Waals surface area contributed by atoms with Crippen molar-refractivity contribution in [3.63, 3.8) is 0 Å². The molecule has 0 spiro atoms. The summed E-state index contributed by atoms with van der Waals surface area (Å²) in [7, 11) is 0. The van der Waals surface area contributed by atoms with Crippen molar-refractivity contribution in [2.45, 2.75) is 25.3 Å². The fraction of sp³-hybridized carbons (Fsp3) is 0.385. The van der Waals surface area contributed by atoms with E-state index in [1.165, 1.54) is 0 Å². The van der Waals surface area contributed by atoms with E-state index >= 15 is 0 Å². The van der Waals surface area contributed by atoms with Crippen LogP contribution in [0.25, 0.3) is 0 Å². The Balaban J connectivity index is 2.59. The van der Waals surface area contributed by atoms with Crippen molar-refractivity contribution in [3.05, 3.63) is 35.9 Å². The van der Waals surface area contributed by atoms with Crippen molar-refractivity contribution < 1.29 is 14.7 Å². The van der Waals surface area contributed by atoms with Crippen molar-refractivity contribution in [2.24, 2.45) is 5.73 Å². The summed E-state index contributed by atoms with van der Waals surface area (Å²) in [5, 5.41) is 11.6. The Labute approximate surface area is 106 Å². The minimum Gasteiger partial charge on any atom is -0.479 e. The highest BCUT2D eigenvalue weighted by atomic mass is 16.4. The molecule has 1 atom stereocenters. The lowest BCUT2D eigenvalue weighted by atomic mass is 10.1. The van der Waals surface area contributed by atoms with Gasteiger partial charge in [0.1, 0.15) is 0 Å². The van der Waals surface area contributed by atoms with Gasteiger partial charge >= 0.3 is 5.97 Å². The van der Waals surface area contributed by atoms with Gasteiger partial charge in [0.05, 0.1) is 0 Å². The monoisotopic (exact) mass is 250 g/mol. The molecular formula is C13H18N2O3. The van der Waals surface area contributed by atoms with Crippen LogP contribution in [0.5, 0.6) is 0 Å². The minimum absolute atomic E-state index is 0.264. The summed E-state index contributed by atoms with van der Waals surface area (Å²) in [6.45, 7) is 0.536. The molecule has 0 aliphatic rings. The Hall–Kier alpha value is -1.88. The molecule has 4 N–H and O–H groups in total. The Morgan fingerprint density at radius 2 is 1.89 bits per heavy atom. The number of carbonyl (C=O) groups excluding carboxylic acids is 1. The van der Waals surface area contributed by atoms with E-state index in [0.29, 0.717) is 24.9 Å². The van der Waals surface area contributed by atoms with Crippen LogP contribution >= 0.6 is 0 Å². The summed E-state index contributed by atoms with van der Waals surface area (Å²) in [6.07, 6.45) is 1.73. The van der Waals surface area contributed by atoms with E-state index in [1.54, 1.807) is 30.3 Å². The number of hydrogen-bond donors (Lipinski definition) is 3. The summed E-state index contributed by atoms with van der Waals surface area (Å²) in [5.74, 6) is -1.33. The van der Waals surface area contributed by atoms with Crippen LogP contribution in [-0.4, -0.2) is 23.5 Å². The molecule has 5 heteroatoms. The van der Waals surface area contributed by atoms with Crippen LogP contribution in [0.3, 0.4) is 0 Å². The summed E-state index contributed by atoms with van der Waals surface area (Å²) in [6, 6.07) is 7.65. The molecule has 0 aliphatic carbocycles. The maximum Gasteiger partial charge on any atom is 0.330 e. The lowest BCUT2D eigenvalue weighted by molar-refractivity contribution is -0.142. The second-order valence-electron chi connectivity index (χ2n) is 4.00. The topological polar surface area (TPSA) is 92.4 Å². The smallest absolute Gasteiger partial charge is 0.330 e. The lowest BCUT2D eigenvalue weighted by Crippen LogP contribution is -2.33. The number of hydrogen-bond acceptors (Lipinski definition) is 3. The van der Waals surface area contributed by atoms with E-state index < -0.39 is 12.0 Å². The van der Waals surface area contributed by atoms with Crippen molar-refractivity contribution >= 4 is 11.9 Å². The van der Waals surface area contributed by atoms with Crippen LogP contribution in [0.15, 0.2) is 30.3 Å². The van der Waals surface area contributed by atoms with E-state index in [0.717, 1.165) is 6.42 Å². The normalized spacial score (nSPS) is 11.8. The first-order valence-corrected chi connectivity index (χ1v) is 5.92. The summed E-state index contributed by atoms with van der Waals surface area (Å²) < 4.78 is 0. The molecule has 0 aliphatic heterocycles. The number of carbonyl (C=O) groups is 2. The molecule has 1 rings (SSSR count). The van der Waals surface area contributed by atoms with E-state index in [2.05, 4.69) is 5.32 Å². The zero-order valence-electron chi connectivity index (χ0n) is 10.1. The van der Waals surface area contributed by atoms with E-state index in [1.807, 2.05) is 0 Å². The van der Waals surface area contributed by atoms with Gasteiger partial charge in [0, 0.05) is 6.42 Å². The molecule has 0 heterocycles. The van der Waals surface area contributed by atoms with Gasteiger partial charge < -0.3 is 16.2 Å². The van der Waals surface area contributed by atoms with Crippen molar-refractivity contribution in [3.8, 4) is 0 Å². The predicted molar refractivity (Wildman–Crippen MR) is 67.9 cm³/mol. The van der Waals surface area contributed by atoms with E-state index in [-0.39, 0.29) is 5.91 Å². The number of benzene rings is 1. The Morgan fingerprint density at radius 3 is 2.44 bits per heavy atom. The number of nitrogens with two attached hydrogens (primary N) is 1. The van der Waals surface area contributed by atoms with Gasteiger partial charge in [0.15, 0.2) is 6.04 Å². The SMILES string of the molecule is NCCCCC(=O)N[C@H](C(=O)O)c1ccccc1. The number of carboxylic acids is 1. The molecular weight excluding hydrogens is 232 g/mol. The van der Waals surface area contributed by atoms with Crippen LogP contribution in [-0.2, 0) is 9.59 Å². The maximum atomic E-state index is 11.6. The fourth-order valence-electron chi connectivity index (χ4n) is 1.60. The average Bonchev–Trinajstić information content (AvgIpc) is 2.37. The molecule has 0 fully saturated rings.